The number of nitrogens with zero attached hydrogens (tertiary/aromatic N) is 1. The molecule has 0 aliphatic heterocycles. The van der Waals surface area contributed by atoms with Crippen LogP contribution in [0.1, 0.15) is 16.1 Å². The van der Waals surface area contributed by atoms with E-state index in [1.165, 1.54) is 12.3 Å². The van der Waals surface area contributed by atoms with Crippen LogP contribution in [-0.2, 0) is 0 Å². The Balaban J connectivity index is 2.57. The Kier molecular flexibility index (Phi) is 3.50. The van der Waals surface area contributed by atoms with E-state index in [2.05, 4.69) is 10.3 Å². The number of amides is 1. The van der Waals surface area contributed by atoms with E-state index < -0.39 is 18.9 Å². The van der Waals surface area contributed by atoms with Crippen LogP contribution in [0.25, 0.3) is 0 Å². The van der Waals surface area contributed by atoms with Gasteiger partial charge in [-0.1, -0.05) is 6.07 Å². The summed E-state index contributed by atoms with van der Waals surface area (Å²) in [6.07, 6.45) is -1.03. The molecule has 0 saturated heterocycles. The molecule has 1 aromatic heterocycles. The Bertz CT molecular complexity index is 311. The van der Waals surface area contributed by atoms with Crippen LogP contribution in [0.4, 0.5) is 8.78 Å². The second-order valence-corrected chi connectivity index (χ2v) is 2.82. The van der Waals surface area contributed by atoms with Gasteiger partial charge in [0.05, 0.1) is 6.54 Å². The number of rotatable bonds is 3. The first-order chi connectivity index (χ1) is 6.59. The van der Waals surface area contributed by atoms with Crippen molar-refractivity contribution in [1.82, 2.24) is 10.3 Å². The molecule has 0 unspecified atom stereocenters. The van der Waals surface area contributed by atoms with Gasteiger partial charge in [0, 0.05) is 6.20 Å². The minimum absolute atomic E-state index is 0.149. The average Bonchev–Trinajstić information content (AvgIpc) is 2.15. The number of hydrogen-bond acceptors (Lipinski definition) is 2. The Morgan fingerprint density at radius 2 is 2.29 bits per heavy atom. The number of hydrogen-bond donors (Lipinski definition) is 1. The fourth-order valence-corrected chi connectivity index (χ4v) is 0.863. The highest BCUT2D eigenvalue weighted by atomic mass is 19.3. The first kappa shape index (κ1) is 10.6. The number of carbonyl (C=O) groups is 1. The van der Waals surface area contributed by atoms with Crippen molar-refractivity contribution in [3.05, 3.63) is 29.6 Å². The number of alkyl halides is 2. The van der Waals surface area contributed by atoms with Gasteiger partial charge in [0.15, 0.2) is 0 Å². The Hall–Kier alpha value is -1.52. The fraction of sp³-hybridized carbons (Fsp3) is 0.333. The summed E-state index contributed by atoms with van der Waals surface area (Å²) in [5, 5.41) is 2.07. The Morgan fingerprint density at radius 3 is 2.79 bits per heavy atom. The van der Waals surface area contributed by atoms with E-state index in [4.69, 9.17) is 0 Å². The molecule has 0 aromatic carbocycles. The number of halogens is 2. The third-order valence-electron chi connectivity index (χ3n) is 1.56. The van der Waals surface area contributed by atoms with Crippen molar-refractivity contribution in [3.63, 3.8) is 0 Å². The second kappa shape index (κ2) is 4.64. The van der Waals surface area contributed by atoms with Crippen molar-refractivity contribution in [3.8, 4) is 0 Å². The first-order valence-corrected chi connectivity index (χ1v) is 4.08. The molecule has 0 aliphatic rings. The fourth-order valence-electron chi connectivity index (χ4n) is 0.863. The van der Waals surface area contributed by atoms with E-state index >= 15 is 0 Å². The molecule has 76 valence electrons. The van der Waals surface area contributed by atoms with Gasteiger partial charge in [-0.3, -0.25) is 9.78 Å². The lowest BCUT2D eigenvalue weighted by molar-refractivity contribution is 0.0887. The minimum Gasteiger partial charge on any atom is -0.345 e. The van der Waals surface area contributed by atoms with Crippen molar-refractivity contribution < 1.29 is 13.6 Å². The summed E-state index contributed by atoms with van der Waals surface area (Å²) in [7, 11) is 0. The van der Waals surface area contributed by atoms with E-state index in [0.29, 0.717) is 0 Å². The van der Waals surface area contributed by atoms with Crippen LogP contribution < -0.4 is 5.32 Å². The van der Waals surface area contributed by atoms with Gasteiger partial charge >= 0.3 is 0 Å². The van der Waals surface area contributed by atoms with Crippen LogP contribution >= 0.6 is 0 Å². The number of aromatic nitrogens is 1. The average molecular weight is 200 g/mol. The van der Waals surface area contributed by atoms with Gasteiger partial charge in [-0.05, 0) is 18.6 Å². The monoisotopic (exact) mass is 200 g/mol. The van der Waals surface area contributed by atoms with E-state index in [9.17, 15) is 13.6 Å². The molecular weight excluding hydrogens is 190 g/mol. The smallest absolute Gasteiger partial charge is 0.270 e. The number of pyridine rings is 1. The van der Waals surface area contributed by atoms with Crippen molar-refractivity contribution in [2.45, 2.75) is 13.3 Å². The first-order valence-electron chi connectivity index (χ1n) is 4.08. The Morgan fingerprint density at radius 1 is 1.57 bits per heavy atom. The number of aryl methyl sites for hydroxylation is 1. The van der Waals surface area contributed by atoms with Crippen molar-refractivity contribution in [2.24, 2.45) is 0 Å². The summed E-state index contributed by atoms with van der Waals surface area (Å²) in [5.41, 5.74) is 1.06. The molecule has 0 bridgehead atoms. The zero-order valence-corrected chi connectivity index (χ0v) is 7.63. The molecule has 0 aliphatic carbocycles. The highest BCUT2D eigenvalue weighted by Gasteiger charge is 2.09. The maximum absolute atomic E-state index is 11.7. The van der Waals surface area contributed by atoms with Gasteiger partial charge in [0.1, 0.15) is 5.69 Å². The molecule has 1 aromatic rings. The second-order valence-electron chi connectivity index (χ2n) is 2.82. The maximum atomic E-state index is 11.7. The predicted octanol–water partition coefficient (Wildman–Crippen LogP) is 1.38. The molecule has 0 radical (unpaired) electrons. The largest absolute Gasteiger partial charge is 0.345 e. The molecule has 0 atom stereocenters. The zero-order valence-electron chi connectivity index (χ0n) is 7.63. The summed E-state index contributed by atoms with van der Waals surface area (Å²) in [6, 6.07) is 3.19. The predicted molar refractivity (Wildman–Crippen MR) is 47.3 cm³/mol. The van der Waals surface area contributed by atoms with Gasteiger partial charge in [-0.25, -0.2) is 8.78 Å². The molecule has 1 N–H and O–H groups in total. The van der Waals surface area contributed by atoms with Crippen LogP contribution in [-0.4, -0.2) is 23.9 Å². The molecule has 0 saturated carbocycles. The summed E-state index contributed by atoms with van der Waals surface area (Å²) in [4.78, 5) is 15.0. The summed E-state index contributed by atoms with van der Waals surface area (Å²) >= 11 is 0. The summed E-state index contributed by atoms with van der Waals surface area (Å²) in [5.74, 6) is -0.578. The molecular formula is C9H10F2N2O. The molecule has 1 rings (SSSR count). The zero-order chi connectivity index (χ0) is 10.6. The summed E-state index contributed by atoms with van der Waals surface area (Å²) in [6.45, 7) is 1.18. The van der Waals surface area contributed by atoms with E-state index in [1.54, 1.807) is 6.07 Å². The lowest BCUT2D eigenvalue weighted by Crippen LogP contribution is -2.29. The molecule has 3 nitrogen and oxygen atoms in total. The van der Waals surface area contributed by atoms with Gasteiger partial charge in [-0.15, -0.1) is 0 Å². The molecule has 5 heteroatoms. The highest BCUT2D eigenvalue weighted by molar-refractivity contribution is 5.92. The Labute approximate surface area is 80.2 Å². The topological polar surface area (TPSA) is 42.0 Å². The molecule has 0 fully saturated rings. The normalized spacial score (nSPS) is 10.3. The van der Waals surface area contributed by atoms with Crippen molar-refractivity contribution in [2.75, 3.05) is 6.54 Å². The SMILES string of the molecule is Cc1ccc(C(=O)NCC(F)F)nc1. The minimum atomic E-state index is -2.54. The van der Waals surface area contributed by atoms with Crippen molar-refractivity contribution in [1.29, 1.82) is 0 Å². The van der Waals surface area contributed by atoms with Gasteiger partial charge in [-0.2, -0.15) is 0 Å². The van der Waals surface area contributed by atoms with Gasteiger partial charge < -0.3 is 5.32 Å². The van der Waals surface area contributed by atoms with Crippen LogP contribution in [0.2, 0.25) is 0 Å². The van der Waals surface area contributed by atoms with Gasteiger partial charge in [0.2, 0.25) is 0 Å². The van der Waals surface area contributed by atoms with Crippen LogP contribution in [0.5, 0.6) is 0 Å². The van der Waals surface area contributed by atoms with Crippen LogP contribution in [0, 0.1) is 6.92 Å². The van der Waals surface area contributed by atoms with E-state index in [0.717, 1.165) is 5.56 Å². The molecule has 1 heterocycles. The standard InChI is InChI=1S/C9H10F2N2O/c1-6-2-3-7(12-4-6)9(14)13-5-8(10)11/h2-4,8H,5H2,1H3,(H,13,14). The van der Waals surface area contributed by atoms with Crippen LogP contribution in [0.3, 0.4) is 0 Å². The van der Waals surface area contributed by atoms with Gasteiger partial charge in [0.25, 0.3) is 12.3 Å². The van der Waals surface area contributed by atoms with Crippen LogP contribution in [0.15, 0.2) is 18.3 Å². The highest BCUT2D eigenvalue weighted by Crippen LogP contribution is 1.98. The summed E-state index contributed by atoms with van der Waals surface area (Å²) < 4.78 is 23.5. The van der Waals surface area contributed by atoms with Crippen molar-refractivity contribution >= 4 is 5.91 Å². The molecule has 14 heavy (non-hydrogen) atoms. The maximum Gasteiger partial charge on any atom is 0.270 e. The lowest BCUT2D eigenvalue weighted by Gasteiger charge is -2.03. The van der Waals surface area contributed by atoms with E-state index in [1.807, 2.05) is 6.92 Å². The quantitative estimate of drug-likeness (QED) is 0.801. The molecule has 1 amide bonds. The third-order valence-corrected chi connectivity index (χ3v) is 1.56. The number of carbonyl (C=O) groups excluding carboxylic acids is 1. The molecule has 0 spiro atoms. The third kappa shape index (κ3) is 3.08. The lowest BCUT2D eigenvalue weighted by atomic mass is 10.2. The number of nitrogens with one attached hydrogen (secondary N) is 1. The van der Waals surface area contributed by atoms with E-state index in [-0.39, 0.29) is 5.69 Å².